The van der Waals surface area contributed by atoms with Gasteiger partial charge in [0.25, 0.3) is 0 Å². The van der Waals surface area contributed by atoms with Crippen molar-refractivity contribution >= 4 is 16.8 Å². The molecule has 25 heavy (non-hydrogen) atoms. The Labute approximate surface area is 147 Å². The van der Waals surface area contributed by atoms with Gasteiger partial charge in [0.2, 0.25) is 0 Å². The lowest BCUT2D eigenvalue weighted by Crippen LogP contribution is -2.35. The Kier molecular flexibility index (Phi) is 3.86. The molecule has 0 unspecified atom stereocenters. The SMILES string of the molecule is CN=c1cc2oc3cc4c(cc3nc-2cc1C)OCCN4CC(C)C. The van der Waals surface area contributed by atoms with Crippen molar-refractivity contribution in [3.8, 4) is 17.2 Å². The number of nitrogens with zero attached hydrogens (tertiary/aromatic N) is 3. The van der Waals surface area contributed by atoms with Gasteiger partial charge in [-0.1, -0.05) is 13.8 Å². The van der Waals surface area contributed by atoms with Crippen LogP contribution in [0.5, 0.6) is 5.75 Å². The van der Waals surface area contributed by atoms with E-state index >= 15 is 0 Å². The molecule has 0 amide bonds. The Morgan fingerprint density at radius 1 is 1.24 bits per heavy atom. The molecule has 3 aliphatic rings. The number of rotatable bonds is 2. The molecule has 1 aromatic carbocycles. The number of ether oxygens (including phenoxy) is 1. The first-order valence-corrected chi connectivity index (χ1v) is 8.75. The van der Waals surface area contributed by atoms with Crippen LogP contribution in [0.15, 0.2) is 33.7 Å². The molecule has 4 rings (SSSR count). The van der Waals surface area contributed by atoms with Crippen molar-refractivity contribution in [3.05, 3.63) is 35.2 Å². The molecule has 1 aromatic rings. The highest BCUT2D eigenvalue weighted by Gasteiger charge is 2.21. The van der Waals surface area contributed by atoms with Crippen molar-refractivity contribution in [3.63, 3.8) is 0 Å². The Morgan fingerprint density at radius 3 is 2.84 bits per heavy atom. The Balaban J connectivity index is 1.91. The molecule has 130 valence electrons. The maximum Gasteiger partial charge on any atom is 0.155 e. The van der Waals surface area contributed by atoms with E-state index < -0.39 is 0 Å². The fraction of sp³-hybridized carbons (Fsp3) is 0.400. The molecule has 5 heteroatoms. The summed E-state index contributed by atoms with van der Waals surface area (Å²) in [5.41, 5.74) is 4.61. The summed E-state index contributed by atoms with van der Waals surface area (Å²) < 4.78 is 12.0. The highest BCUT2D eigenvalue weighted by molar-refractivity contribution is 5.84. The van der Waals surface area contributed by atoms with Crippen LogP contribution in [0.3, 0.4) is 0 Å². The molecule has 0 bridgehead atoms. The van der Waals surface area contributed by atoms with E-state index in [4.69, 9.17) is 14.1 Å². The lowest BCUT2D eigenvalue weighted by molar-refractivity contribution is 0.305. The Morgan fingerprint density at radius 2 is 2.08 bits per heavy atom. The van der Waals surface area contributed by atoms with Crippen molar-refractivity contribution in [2.75, 3.05) is 31.6 Å². The predicted molar refractivity (Wildman–Crippen MR) is 99.4 cm³/mol. The van der Waals surface area contributed by atoms with Crippen molar-refractivity contribution in [1.82, 2.24) is 4.98 Å². The van der Waals surface area contributed by atoms with E-state index in [2.05, 4.69) is 29.8 Å². The van der Waals surface area contributed by atoms with Crippen molar-refractivity contribution in [2.45, 2.75) is 20.8 Å². The van der Waals surface area contributed by atoms with E-state index in [1.807, 2.05) is 25.1 Å². The molecule has 2 heterocycles. The van der Waals surface area contributed by atoms with Crippen LogP contribution >= 0.6 is 0 Å². The lowest BCUT2D eigenvalue weighted by atomic mass is 10.1. The largest absolute Gasteiger partial charge is 0.489 e. The van der Waals surface area contributed by atoms with Gasteiger partial charge in [0.05, 0.1) is 17.6 Å². The number of hydrogen-bond donors (Lipinski definition) is 0. The first-order chi connectivity index (χ1) is 12.0. The van der Waals surface area contributed by atoms with Crippen LogP contribution in [0.4, 0.5) is 5.69 Å². The number of anilines is 1. The van der Waals surface area contributed by atoms with Gasteiger partial charge in [-0.3, -0.25) is 4.99 Å². The van der Waals surface area contributed by atoms with Gasteiger partial charge in [-0.05, 0) is 24.5 Å². The molecule has 5 nitrogen and oxygen atoms in total. The van der Waals surface area contributed by atoms with E-state index in [1.54, 1.807) is 7.05 Å². The fourth-order valence-electron chi connectivity index (χ4n) is 3.41. The minimum atomic E-state index is 0.588. The van der Waals surface area contributed by atoms with Crippen molar-refractivity contribution < 1.29 is 9.15 Å². The molecule has 0 spiro atoms. The summed E-state index contributed by atoms with van der Waals surface area (Å²) >= 11 is 0. The molecule has 2 aliphatic heterocycles. The van der Waals surface area contributed by atoms with E-state index in [0.29, 0.717) is 12.5 Å². The Bertz CT molecular complexity index is 975. The van der Waals surface area contributed by atoms with Crippen LogP contribution in [0, 0.1) is 12.8 Å². The van der Waals surface area contributed by atoms with E-state index in [-0.39, 0.29) is 0 Å². The molecule has 0 fully saturated rings. The minimum absolute atomic E-state index is 0.588. The van der Waals surface area contributed by atoms with Gasteiger partial charge >= 0.3 is 0 Å². The summed E-state index contributed by atoms with van der Waals surface area (Å²) in [5, 5.41) is 0.931. The summed E-state index contributed by atoms with van der Waals surface area (Å²) in [5.74, 6) is 2.23. The van der Waals surface area contributed by atoms with Crippen LogP contribution in [-0.2, 0) is 0 Å². The smallest absolute Gasteiger partial charge is 0.155 e. The minimum Gasteiger partial charge on any atom is -0.489 e. The van der Waals surface area contributed by atoms with Gasteiger partial charge < -0.3 is 14.1 Å². The summed E-state index contributed by atoms with van der Waals surface area (Å²) in [6.45, 7) is 9.10. The summed E-state index contributed by atoms with van der Waals surface area (Å²) in [4.78, 5) is 11.4. The zero-order valence-corrected chi connectivity index (χ0v) is 15.2. The molecule has 0 aromatic heterocycles. The van der Waals surface area contributed by atoms with Crippen molar-refractivity contribution in [1.29, 1.82) is 0 Å². The van der Waals surface area contributed by atoms with E-state index in [1.165, 1.54) is 0 Å². The van der Waals surface area contributed by atoms with Gasteiger partial charge in [0.1, 0.15) is 23.6 Å². The van der Waals surface area contributed by atoms with Crippen LogP contribution < -0.4 is 15.0 Å². The quantitative estimate of drug-likeness (QED) is 0.670. The third-order valence-corrected chi connectivity index (χ3v) is 4.56. The van der Waals surface area contributed by atoms with Crippen LogP contribution in [-0.4, -0.2) is 31.7 Å². The van der Waals surface area contributed by atoms with Gasteiger partial charge in [-0.2, -0.15) is 0 Å². The molecular formula is C20H23N3O2. The van der Waals surface area contributed by atoms with Crippen LogP contribution in [0.2, 0.25) is 0 Å². The number of benzene rings is 2. The van der Waals surface area contributed by atoms with Gasteiger partial charge in [0, 0.05) is 31.8 Å². The lowest BCUT2D eigenvalue weighted by Gasteiger charge is -2.32. The highest BCUT2D eigenvalue weighted by Crippen LogP contribution is 2.37. The van der Waals surface area contributed by atoms with Crippen molar-refractivity contribution in [2.24, 2.45) is 10.9 Å². The van der Waals surface area contributed by atoms with E-state index in [0.717, 1.165) is 58.0 Å². The van der Waals surface area contributed by atoms with E-state index in [9.17, 15) is 0 Å². The monoisotopic (exact) mass is 337 g/mol. The maximum absolute atomic E-state index is 6.16. The fourth-order valence-corrected chi connectivity index (χ4v) is 3.41. The van der Waals surface area contributed by atoms with Gasteiger partial charge in [-0.15, -0.1) is 0 Å². The van der Waals surface area contributed by atoms with Crippen LogP contribution in [0.25, 0.3) is 22.6 Å². The predicted octanol–water partition coefficient (Wildman–Crippen LogP) is 3.63. The summed E-state index contributed by atoms with van der Waals surface area (Å²) in [6, 6.07) is 8.03. The van der Waals surface area contributed by atoms with Crippen LogP contribution in [0.1, 0.15) is 19.4 Å². The molecule has 0 atom stereocenters. The molecule has 1 aliphatic carbocycles. The number of aryl methyl sites for hydroxylation is 1. The second kappa shape index (κ2) is 6.06. The number of aromatic nitrogens is 1. The Hall–Kier alpha value is -2.56. The maximum atomic E-state index is 6.16. The second-order valence-electron chi connectivity index (χ2n) is 7.02. The molecule has 0 saturated carbocycles. The van der Waals surface area contributed by atoms with Gasteiger partial charge in [-0.25, -0.2) is 4.98 Å². The third kappa shape index (κ3) is 2.84. The average Bonchev–Trinajstić information content (AvgIpc) is 2.58. The topological polar surface area (TPSA) is 50.9 Å². The first kappa shape index (κ1) is 15.9. The molecule has 0 saturated heterocycles. The number of fused-ring (bicyclic) bond motifs is 3. The molecular weight excluding hydrogens is 314 g/mol. The van der Waals surface area contributed by atoms with Gasteiger partial charge in [0.15, 0.2) is 11.3 Å². The highest BCUT2D eigenvalue weighted by atomic mass is 16.5. The standard InChI is InChI=1S/C20H23N3O2/c1-12(2)11-23-5-6-24-20-9-16-19(10-17(20)23)25-18-8-14(21-4)13(3)7-15(18)22-16/h7-10,12H,5-6,11H2,1-4H3. The summed E-state index contributed by atoms with van der Waals surface area (Å²) in [7, 11) is 1.79. The third-order valence-electron chi connectivity index (χ3n) is 4.56. The zero-order valence-electron chi connectivity index (χ0n) is 15.2. The number of hydrogen-bond acceptors (Lipinski definition) is 5. The molecule has 0 radical (unpaired) electrons. The zero-order chi connectivity index (χ0) is 17.6. The summed E-state index contributed by atoms with van der Waals surface area (Å²) in [6.07, 6.45) is 0. The normalized spacial score (nSPS) is 15.1. The first-order valence-electron chi connectivity index (χ1n) is 8.75. The second-order valence-corrected chi connectivity index (χ2v) is 7.02. The molecule has 0 N–H and O–H groups in total. The average molecular weight is 337 g/mol.